The lowest BCUT2D eigenvalue weighted by atomic mass is 10.1. The highest BCUT2D eigenvalue weighted by Crippen LogP contribution is 2.17. The summed E-state index contributed by atoms with van der Waals surface area (Å²) >= 11 is 0. The van der Waals surface area contributed by atoms with Crippen molar-refractivity contribution < 1.29 is 14.4 Å². The highest BCUT2D eigenvalue weighted by atomic mass is 16.2. The summed E-state index contributed by atoms with van der Waals surface area (Å²) in [5.41, 5.74) is 2.56. The van der Waals surface area contributed by atoms with E-state index in [4.69, 9.17) is 0 Å². The van der Waals surface area contributed by atoms with Gasteiger partial charge in [0.25, 0.3) is 5.91 Å². The zero-order valence-corrected chi connectivity index (χ0v) is 17.2. The maximum absolute atomic E-state index is 12.8. The highest BCUT2D eigenvalue weighted by molar-refractivity contribution is 5.98. The summed E-state index contributed by atoms with van der Waals surface area (Å²) < 4.78 is 0. The van der Waals surface area contributed by atoms with Crippen LogP contribution in [0.1, 0.15) is 43.0 Å². The third-order valence-corrected chi connectivity index (χ3v) is 4.92. The van der Waals surface area contributed by atoms with Crippen LogP contribution in [0.25, 0.3) is 0 Å². The van der Waals surface area contributed by atoms with Gasteiger partial charge in [-0.25, -0.2) is 0 Å². The Morgan fingerprint density at radius 3 is 2.17 bits per heavy atom. The van der Waals surface area contributed by atoms with Gasteiger partial charge in [0.2, 0.25) is 11.8 Å². The van der Waals surface area contributed by atoms with Crippen LogP contribution < -0.4 is 16.0 Å². The molecule has 1 aliphatic rings. The summed E-state index contributed by atoms with van der Waals surface area (Å²) in [6.07, 6.45) is 4.41. The molecule has 1 heterocycles. The second-order valence-electron chi connectivity index (χ2n) is 7.45. The SMILES string of the molecule is CC(=O)Nc1cccc(NCC(=O)Nc2cccc(C(=O)N3CCCCCC3)c2)c1. The van der Waals surface area contributed by atoms with E-state index in [1.165, 1.54) is 19.8 Å². The Hall–Kier alpha value is -3.35. The molecule has 3 rings (SSSR count). The van der Waals surface area contributed by atoms with Crippen molar-refractivity contribution in [3.05, 3.63) is 54.1 Å². The van der Waals surface area contributed by atoms with Crippen LogP contribution in [-0.2, 0) is 9.59 Å². The summed E-state index contributed by atoms with van der Waals surface area (Å²) in [6, 6.07) is 14.2. The van der Waals surface area contributed by atoms with Crippen molar-refractivity contribution in [3.8, 4) is 0 Å². The summed E-state index contributed by atoms with van der Waals surface area (Å²) in [7, 11) is 0. The number of rotatable bonds is 6. The first kappa shape index (κ1) is 21.4. The van der Waals surface area contributed by atoms with Crippen LogP contribution in [0.3, 0.4) is 0 Å². The van der Waals surface area contributed by atoms with Crippen LogP contribution in [0.5, 0.6) is 0 Å². The summed E-state index contributed by atoms with van der Waals surface area (Å²) in [6.45, 7) is 3.08. The Kier molecular flexibility index (Phi) is 7.43. The van der Waals surface area contributed by atoms with Crippen molar-refractivity contribution in [2.75, 3.05) is 35.6 Å². The average Bonchev–Trinajstić information content (AvgIpc) is 3.01. The summed E-state index contributed by atoms with van der Waals surface area (Å²) in [5, 5.41) is 8.57. The van der Waals surface area contributed by atoms with Gasteiger partial charge in [0.15, 0.2) is 0 Å². The highest BCUT2D eigenvalue weighted by Gasteiger charge is 2.17. The smallest absolute Gasteiger partial charge is 0.253 e. The minimum atomic E-state index is -0.223. The lowest BCUT2D eigenvalue weighted by Gasteiger charge is -2.20. The third-order valence-electron chi connectivity index (χ3n) is 4.92. The lowest BCUT2D eigenvalue weighted by molar-refractivity contribution is -0.115. The van der Waals surface area contributed by atoms with Crippen molar-refractivity contribution in [2.45, 2.75) is 32.6 Å². The first-order valence-corrected chi connectivity index (χ1v) is 10.3. The number of carbonyl (C=O) groups is 3. The van der Waals surface area contributed by atoms with Gasteiger partial charge in [0.1, 0.15) is 0 Å². The first-order valence-electron chi connectivity index (χ1n) is 10.3. The average molecular weight is 409 g/mol. The van der Waals surface area contributed by atoms with Gasteiger partial charge in [-0.05, 0) is 49.2 Å². The molecular formula is C23H28N4O3. The Balaban J connectivity index is 1.56. The molecule has 0 atom stereocenters. The first-order chi connectivity index (χ1) is 14.5. The summed E-state index contributed by atoms with van der Waals surface area (Å²) in [5.74, 6) is -0.361. The number of nitrogens with one attached hydrogen (secondary N) is 3. The van der Waals surface area contributed by atoms with E-state index in [0.29, 0.717) is 16.9 Å². The molecule has 1 aliphatic heterocycles. The lowest BCUT2D eigenvalue weighted by Crippen LogP contribution is -2.31. The van der Waals surface area contributed by atoms with Gasteiger partial charge in [-0.15, -0.1) is 0 Å². The van der Waals surface area contributed by atoms with Crippen LogP contribution in [0.15, 0.2) is 48.5 Å². The van der Waals surface area contributed by atoms with Crippen molar-refractivity contribution in [1.29, 1.82) is 0 Å². The molecule has 158 valence electrons. The fourth-order valence-electron chi connectivity index (χ4n) is 3.48. The molecule has 7 heteroatoms. The number of hydrogen-bond donors (Lipinski definition) is 3. The fraction of sp³-hybridized carbons (Fsp3) is 0.348. The molecule has 0 aromatic heterocycles. The fourth-order valence-corrected chi connectivity index (χ4v) is 3.48. The molecule has 2 aromatic carbocycles. The van der Waals surface area contributed by atoms with Gasteiger partial charge in [0.05, 0.1) is 6.54 Å². The number of nitrogens with zero attached hydrogens (tertiary/aromatic N) is 1. The second kappa shape index (κ2) is 10.4. The molecule has 0 saturated carbocycles. The molecule has 0 radical (unpaired) electrons. The quantitative estimate of drug-likeness (QED) is 0.680. The zero-order valence-electron chi connectivity index (χ0n) is 17.2. The third kappa shape index (κ3) is 6.34. The predicted octanol–water partition coefficient (Wildman–Crippen LogP) is 3.71. The van der Waals surface area contributed by atoms with Crippen molar-refractivity contribution >= 4 is 34.8 Å². The number of anilines is 3. The van der Waals surface area contributed by atoms with Gasteiger partial charge in [0, 0.05) is 42.6 Å². The second-order valence-corrected chi connectivity index (χ2v) is 7.45. The van der Waals surface area contributed by atoms with Gasteiger partial charge < -0.3 is 20.9 Å². The van der Waals surface area contributed by atoms with Gasteiger partial charge in [-0.3, -0.25) is 14.4 Å². The van der Waals surface area contributed by atoms with E-state index in [1.54, 1.807) is 42.5 Å². The Labute approximate surface area is 176 Å². The molecule has 30 heavy (non-hydrogen) atoms. The molecule has 2 aromatic rings. The molecule has 7 nitrogen and oxygen atoms in total. The summed E-state index contributed by atoms with van der Waals surface area (Å²) in [4.78, 5) is 38.2. The monoisotopic (exact) mass is 408 g/mol. The van der Waals surface area contributed by atoms with E-state index in [2.05, 4.69) is 16.0 Å². The van der Waals surface area contributed by atoms with E-state index >= 15 is 0 Å². The maximum atomic E-state index is 12.8. The normalized spacial score (nSPS) is 13.8. The van der Waals surface area contributed by atoms with E-state index in [9.17, 15) is 14.4 Å². The molecule has 3 amide bonds. The zero-order chi connectivity index (χ0) is 21.3. The van der Waals surface area contributed by atoms with Gasteiger partial charge >= 0.3 is 0 Å². The number of hydrogen-bond acceptors (Lipinski definition) is 4. The minimum Gasteiger partial charge on any atom is -0.376 e. The van der Waals surface area contributed by atoms with Gasteiger partial charge in [-0.1, -0.05) is 25.0 Å². The number of benzene rings is 2. The van der Waals surface area contributed by atoms with E-state index in [-0.39, 0.29) is 24.3 Å². The van der Waals surface area contributed by atoms with Crippen LogP contribution in [0.4, 0.5) is 17.1 Å². The van der Waals surface area contributed by atoms with E-state index < -0.39 is 0 Å². The van der Waals surface area contributed by atoms with Crippen LogP contribution in [0, 0.1) is 0 Å². The molecule has 1 saturated heterocycles. The van der Waals surface area contributed by atoms with Crippen LogP contribution in [0.2, 0.25) is 0 Å². The Bertz CT molecular complexity index is 905. The largest absolute Gasteiger partial charge is 0.376 e. The molecule has 0 aliphatic carbocycles. The Morgan fingerprint density at radius 1 is 0.833 bits per heavy atom. The predicted molar refractivity (Wildman–Crippen MR) is 119 cm³/mol. The molecule has 0 spiro atoms. The van der Waals surface area contributed by atoms with Gasteiger partial charge in [-0.2, -0.15) is 0 Å². The van der Waals surface area contributed by atoms with Crippen LogP contribution >= 0.6 is 0 Å². The number of carbonyl (C=O) groups excluding carboxylic acids is 3. The van der Waals surface area contributed by atoms with E-state index in [0.717, 1.165) is 31.6 Å². The number of amides is 3. The molecule has 0 unspecified atom stereocenters. The molecule has 1 fully saturated rings. The molecule has 0 bridgehead atoms. The molecular weight excluding hydrogens is 380 g/mol. The van der Waals surface area contributed by atoms with Crippen molar-refractivity contribution in [2.24, 2.45) is 0 Å². The minimum absolute atomic E-state index is 0.0147. The standard InChI is InChI=1S/C23H28N4O3/c1-17(28)25-21-11-7-9-19(15-21)24-16-22(29)26-20-10-6-8-18(14-20)23(30)27-12-4-2-3-5-13-27/h6-11,14-15,24H,2-5,12-13,16H2,1H3,(H,25,28)(H,26,29). The molecule has 3 N–H and O–H groups in total. The maximum Gasteiger partial charge on any atom is 0.253 e. The van der Waals surface area contributed by atoms with Crippen molar-refractivity contribution in [3.63, 3.8) is 0 Å². The Morgan fingerprint density at radius 2 is 1.47 bits per heavy atom. The van der Waals surface area contributed by atoms with Crippen molar-refractivity contribution in [1.82, 2.24) is 4.90 Å². The number of likely N-dealkylation sites (tertiary alicyclic amines) is 1. The topological polar surface area (TPSA) is 90.5 Å². The van der Waals surface area contributed by atoms with Crippen LogP contribution in [-0.4, -0.2) is 42.3 Å². The van der Waals surface area contributed by atoms with E-state index in [1.807, 2.05) is 11.0 Å².